The number of amides is 1. The first kappa shape index (κ1) is 35.2. The van der Waals surface area contributed by atoms with Gasteiger partial charge in [-0.05, 0) is 56.8 Å². The number of aliphatic carboxylic acids is 2. The van der Waals surface area contributed by atoms with Gasteiger partial charge >= 0.3 is 18.1 Å². The Morgan fingerprint density at radius 1 is 1.10 bits per heavy atom. The summed E-state index contributed by atoms with van der Waals surface area (Å²) in [5.74, 6) is -2.18. The number of hydrogen-bond acceptors (Lipinski definition) is 7. The van der Waals surface area contributed by atoms with Crippen molar-refractivity contribution in [2.24, 2.45) is 5.92 Å². The molecule has 2 aliphatic rings. The molecule has 0 bridgehead atoms. The van der Waals surface area contributed by atoms with Gasteiger partial charge in [-0.2, -0.15) is 17.5 Å². The van der Waals surface area contributed by atoms with Crippen LogP contribution in [0.3, 0.4) is 0 Å². The Labute approximate surface area is 243 Å². The van der Waals surface area contributed by atoms with Gasteiger partial charge in [0.2, 0.25) is 15.9 Å². The van der Waals surface area contributed by atoms with Gasteiger partial charge in [0.15, 0.2) is 0 Å². The van der Waals surface area contributed by atoms with Crippen LogP contribution in [0.2, 0.25) is 0 Å². The van der Waals surface area contributed by atoms with Crippen molar-refractivity contribution in [2.45, 2.75) is 68.7 Å². The third kappa shape index (κ3) is 10.1. The van der Waals surface area contributed by atoms with Crippen LogP contribution in [0, 0.1) is 5.92 Å². The lowest BCUT2D eigenvalue weighted by Gasteiger charge is -2.41. The molecule has 3 N–H and O–H groups in total. The molecule has 1 aromatic rings. The van der Waals surface area contributed by atoms with E-state index in [0.29, 0.717) is 69.5 Å². The molecule has 1 unspecified atom stereocenters. The summed E-state index contributed by atoms with van der Waals surface area (Å²) in [7, 11) is -2.45. The number of carbonyl (C=O) groups is 3. The number of likely N-dealkylation sites (tertiary alicyclic amines) is 1. The molecular weight excluding hydrogens is 583 g/mol. The second-order valence-corrected chi connectivity index (χ2v) is 12.3. The van der Waals surface area contributed by atoms with Crippen molar-refractivity contribution < 1.29 is 50.9 Å². The minimum Gasteiger partial charge on any atom is -0.478 e. The van der Waals surface area contributed by atoms with E-state index in [4.69, 9.17) is 14.9 Å². The molecule has 1 amide bonds. The van der Waals surface area contributed by atoms with Gasteiger partial charge in [0.05, 0.1) is 29.1 Å². The van der Waals surface area contributed by atoms with Crippen LogP contribution in [0.4, 0.5) is 13.2 Å². The number of benzene rings is 1. The number of ether oxygens (including phenoxy) is 1. The van der Waals surface area contributed by atoms with Gasteiger partial charge in [-0.15, -0.1) is 0 Å². The number of likely N-dealkylation sites (N-methyl/N-ethyl adjacent to an activating group) is 1. The zero-order chi connectivity index (χ0) is 31.7. The second kappa shape index (κ2) is 15.5. The molecule has 2 fully saturated rings. The lowest BCUT2D eigenvalue weighted by atomic mass is 9.99. The smallest absolute Gasteiger partial charge is 0.416 e. The van der Waals surface area contributed by atoms with E-state index < -0.39 is 45.8 Å². The van der Waals surface area contributed by atoms with Gasteiger partial charge < -0.3 is 25.2 Å². The first-order valence-corrected chi connectivity index (χ1v) is 14.9. The van der Waals surface area contributed by atoms with Crippen molar-refractivity contribution in [1.29, 1.82) is 0 Å². The Morgan fingerprint density at radius 2 is 1.69 bits per heavy atom. The Balaban J connectivity index is 0.000000675. The van der Waals surface area contributed by atoms with Crippen LogP contribution >= 0.6 is 0 Å². The first-order valence-electron chi connectivity index (χ1n) is 13.5. The molecule has 2 atom stereocenters. The molecule has 42 heavy (non-hydrogen) atoms. The van der Waals surface area contributed by atoms with Crippen molar-refractivity contribution in [2.75, 3.05) is 33.4 Å². The van der Waals surface area contributed by atoms with Crippen LogP contribution in [-0.2, 0) is 35.3 Å². The SMILES string of the molecule is CN[C@@H](CC(C)C)C(=O)N1CCC(N(C2CCOC2)S(=O)(=O)c2cccc(C(F)(F)F)c2)CC1.O=C(O)C=CC(=O)O. The Kier molecular flexibility index (Phi) is 13.0. The third-order valence-electron chi connectivity index (χ3n) is 6.86. The van der Waals surface area contributed by atoms with Crippen LogP contribution in [0.15, 0.2) is 41.3 Å². The number of nitrogens with zero attached hydrogens (tertiary/aromatic N) is 2. The fourth-order valence-corrected chi connectivity index (χ4v) is 6.82. The summed E-state index contributed by atoms with van der Waals surface area (Å²) >= 11 is 0. The molecule has 2 aliphatic heterocycles. The highest BCUT2D eigenvalue weighted by molar-refractivity contribution is 7.89. The van der Waals surface area contributed by atoms with Crippen LogP contribution in [0.5, 0.6) is 0 Å². The molecule has 0 spiro atoms. The van der Waals surface area contributed by atoms with Crippen LogP contribution in [0.1, 0.15) is 45.1 Å². The number of piperidine rings is 1. The Hall–Kier alpha value is -3.01. The van der Waals surface area contributed by atoms with Crippen molar-refractivity contribution in [3.05, 3.63) is 42.0 Å². The van der Waals surface area contributed by atoms with Crippen molar-refractivity contribution in [3.8, 4) is 0 Å². The van der Waals surface area contributed by atoms with Gasteiger partial charge in [0.25, 0.3) is 0 Å². The molecule has 2 saturated heterocycles. The van der Waals surface area contributed by atoms with Crippen LogP contribution in [-0.4, -0.2) is 97.2 Å². The molecule has 1 aromatic carbocycles. The van der Waals surface area contributed by atoms with Crippen LogP contribution in [0.25, 0.3) is 0 Å². The minimum atomic E-state index is -4.64. The van der Waals surface area contributed by atoms with E-state index in [-0.39, 0.29) is 23.5 Å². The first-order chi connectivity index (χ1) is 19.6. The van der Waals surface area contributed by atoms with E-state index in [9.17, 15) is 36.0 Å². The highest BCUT2D eigenvalue weighted by Gasteiger charge is 2.42. The third-order valence-corrected chi connectivity index (χ3v) is 8.86. The van der Waals surface area contributed by atoms with E-state index in [1.165, 1.54) is 10.4 Å². The van der Waals surface area contributed by atoms with E-state index in [1.807, 2.05) is 13.8 Å². The zero-order valence-electron chi connectivity index (χ0n) is 23.7. The standard InChI is InChI=1S/C23H34F3N3O4S.C4H4O4/c1-16(2)13-21(27-3)22(30)28-10-7-18(8-11-28)29(19-9-12-33-15-19)34(31,32)20-6-4-5-17(14-20)23(24,25)26;5-3(6)1-2-4(7)8/h4-6,14,16,18-19,21,27H,7-13,15H2,1-3H3;1-2H,(H,5,6)(H,7,8)/t19?,21-;/m0./s1. The summed E-state index contributed by atoms with van der Waals surface area (Å²) in [4.78, 5) is 33.4. The summed E-state index contributed by atoms with van der Waals surface area (Å²) < 4.78 is 73.7. The lowest BCUT2D eigenvalue weighted by molar-refractivity contribution is -0.138. The van der Waals surface area contributed by atoms with E-state index in [0.717, 1.165) is 12.1 Å². The fraction of sp³-hybridized carbons (Fsp3) is 0.593. The molecule has 0 saturated carbocycles. The number of sulfonamides is 1. The molecule has 0 aromatic heterocycles. The van der Waals surface area contributed by atoms with Crippen molar-refractivity contribution >= 4 is 27.9 Å². The average molecular weight is 622 g/mol. The molecule has 236 valence electrons. The maximum absolute atomic E-state index is 13.6. The van der Waals surface area contributed by atoms with Crippen molar-refractivity contribution in [1.82, 2.24) is 14.5 Å². The number of carboxylic acids is 2. The highest BCUT2D eigenvalue weighted by atomic mass is 32.2. The summed E-state index contributed by atoms with van der Waals surface area (Å²) in [6.45, 7) is 5.47. The van der Waals surface area contributed by atoms with Gasteiger partial charge in [0, 0.05) is 37.9 Å². The lowest BCUT2D eigenvalue weighted by Crippen LogP contribution is -2.55. The quantitative estimate of drug-likeness (QED) is 0.335. The Bertz CT molecular complexity index is 1190. The topological polar surface area (TPSA) is 154 Å². The largest absolute Gasteiger partial charge is 0.478 e. The zero-order valence-corrected chi connectivity index (χ0v) is 24.5. The maximum Gasteiger partial charge on any atom is 0.416 e. The number of nitrogens with one attached hydrogen (secondary N) is 1. The Morgan fingerprint density at radius 3 is 2.14 bits per heavy atom. The molecular formula is C27H38F3N3O8S. The summed E-state index contributed by atoms with van der Waals surface area (Å²) in [6, 6.07) is 2.71. The van der Waals surface area contributed by atoms with E-state index in [2.05, 4.69) is 5.32 Å². The minimum absolute atomic E-state index is 0.00821. The summed E-state index contributed by atoms with van der Waals surface area (Å²) in [5.41, 5.74) is -1.00. The number of carbonyl (C=O) groups excluding carboxylic acids is 1. The number of carboxylic acid groups (broad SMARTS) is 2. The molecule has 0 aliphatic carbocycles. The van der Waals surface area contributed by atoms with Gasteiger partial charge in [-0.1, -0.05) is 19.9 Å². The van der Waals surface area contributed by atoms with Crippen LogP contribution < -0.4 is 5.32 Å². The van der Waals surface area contributed by atoms with Gasteiger partial charge in [-0.3, -0.25) is 4.79 Å². The number of rotatable bonds is 10. The molecule has 11 nitrogen and oxygen atoms in total. The number of alkyl halides is 3. The van der Waals surface area contributed by atoms with Gasteiger partial charge in [-0.25, -0.2) is 18.0 Å². The number of halogens is 3. The van der Waals surface area contributed by atoms with Crippen molar-refractivity contribution in [3.63, 3.8) is 0 Å². The molecule has 15 heteroatoms. The summed E-state index contributed by atoms with van der Waals surface area (Å²) in [5, 5.41) is 18.7. The highest BCUT2D eigenvalue weighted by Crippen LogP contribution is 2.34. The van der Waals surface area contributed by atoms with Gasteiger partial charge in [0.1, 0.15) is 0 Å². The van der Waals surface area contributed by atoms with E-state index >= 15 is 0 Å². The predicted molar refractivity (Wildman–Crippen MR) is 146 cm³/mol. The normalized spacial score (nSPS) is 19.1. The number of hydrogen-bond donors (Lipinski definition) is 3. The molecule has 3 rings (SSSR count). The second-order valence-electron chi connectivity index (χ2n) is 10.4. The monoisotopic (exact) mass is 621 g/mol. The molecule has 2 heterocycles. The van der Waals surface area contributed by atoms with E-state index in [1.54, 1.807) is 11.9 Å². The summed E-state index contributed by atoms with van der Waals surface area (Å²) in [6.07, 6.45) is -1.52. The molecule has 0 radical (unpaired) electrons. The maximum atomic E-state index is 13.6. The predicted octanol–water partition coefficient (Wildman–Crippen LogP) is 2.82. The fourth-order valence-electron chi connectivity index (χ4n) is 4.89. The average Bonchev–Trinajstić information content (AvgIpc) is 3.44.